The highest BCUT2D eigenvalue weighted by molar-refractivity contribution is 5.92. The minimum absolute atomic E-state index is 0.0105. The summed E-state index contributed by atoms with van der Waals surface area (Å²) >= 11 is 0. The van der Waals surface area contributed by atoms with E-state index in [1.807, 2.05) is 0 Å². The normalized spacial score (nSPS) is 11.3. The number of phenols is 1. The van der Waals surface area contributed by atoms with Crippen LogP contribution in [0, 0.1) is 0 Å². The van der Waals surface area contributed by atoms with Gasteiger partial charge in [-0.05, 0) is 23.8 Å². The van der Waals surface area contributed by atoms with Gasteiger partial charge >= 0.3 is 5.97 Å². The van der Waals surface area contributed by atoms with Gasteiger partial charge in [-0.2, -0.15) is 0 Å². The Morgan fingerprint density at radius 2 is 2.18 bits per heavy atom. The van der Waals surface area contributed by atoms with Crippen molar-refractivity contribution in [2.24, 2.45) is 0 Å². The minimum atomic E-state index is -1.08. The zero-order valence-electron chi connectivity index (χ0n) is 9.38. The van der Waals surface area contributed by atoms with E-state index in [4.69, 9.17) is 14.9 Å². The number of carboxylic acid groups (broad SMARTS) is 1. The van der Waals surface area contributed by atoms with Crippen molar-refractivity contribution in [3.63, 3.8) is 0 Å². The molecule has 1 aromatic carbocycles. The zero-order valence-corrected chi connectivity index (χ0v) is 9.38. The van der Waals surface area contributed by atoms with Crippen LogP contribution >= 0.6 is 0 Å². The van der Waals surface area contributed by atoms with Crippen molar-refractivity contribution in [2.45, 2.75) is 6.42 Å². The number of aliphatic carboxylic acids is 1. The van der Waals surface area contributed by atoms with Crippen LogP contribution in [0.4, 0.5) is 0 Å². The number of ether oxygens (including phenoxy) is 1. The molecule has 5 heteroatoms. The van der Waals surface area contributed by atoms with E-state index in [0.717, 1.165) is 0 Å². The summed E-state index contributed by atoms with van der Waals surface area (Å²) in [5.41, 5.74) is 0.686. The number of aromatic hydroxyl groups is 1. The Morgan fingerprint density at radius 1 is 1.47 bits per heavy atom. The number of rotatable bonds is 5. The number of hydrogen-bond donors (Lipinski definition) is 3. The maximum Gasteiger partial charge on any atom is 0.331 e. The molecular formula is C12H14O5. The second kappa shape index (κ2) is 5.91. The third-order valence-corrected chi connectivity index (χ3v) is 2.20. The van der Waals surface area contributed by atoms with Gasteiger partial charge in [0.05, 0.1) is 7.11 Å². The first kappa shape index (κ1) is 13.1. The van der Waals surface area contributed by atoms with Crippen molar-refractivity contribution in [2.75, 3.05) is 13.7 Å². The third kappa shape index (κ3) is 3.49. The van der Waals surface area contributed by atoms with E-state index in [2.05, 4.69) is 0 Å². The Kier molecular flexibility index (Phi) is 4.54. The van der Waals surface area contributed by atoms with Crippen LogP contribution in [0.3, 0.4) is 0 Å². The van der Waals surface area contributed by atoms with Gasteiger partial charge in [-0.15, -0.1) is 0 Å². The van der Waals surface area contributed by atoms with Crippen LogP contribution in [0.5, 0.6) is 11.5 Å². The molecule has 0 amide bonds. The molecular weight excluding hydrogens is 224 g/mol. The molecule has 0 heterocycles. The summed E-state index contributed by atoms with van der Waals surface area (Å²) in [4.78, 5) is 10.9. The summed E-state index contributed by atoms with van der Waals surface area (Å²) < 4.78 is 4.91. The minimum Gasteiger partial charge on any atom is -0.504 e. The number of hydrogen-bond acceptors (Lipinski definition) is 4. The van der Waals surface area contributed by atoms with Gasteiger partial charge in [-0.1, -0.05) is 6.07 Å². The summed E-state index contributed by atoms with van der Waals surface area (Å²) in [6.45, 7) is -0.229. The topological polar surface area (TPSA) is 87.0 Å². The Bertz CT molecular complexity index is 437. The van der Waals surface area contributed by atoms with E-state index in [1.54, 1.807) is 6.07 Å². The molecule has 1 rings (SSSR count). The first-order valence-corrected chi connectivity index (χ1v) is 5.00. The van der Waals surface area contributed by atoms with E-state index in [9.17, 15) is 9.90 Å². The molecule has 0 aliphatic rings. The number of carboxylic acids is 1. The van der Waals surface area contributed by atoms with Crippen LogP contribution in [-0.4, -0.2) is 35.0 Å². The molecule has 3 N–H and O–H groups in total. The van der Waals surface area contributed by atoms with E-state index >= 15 is 0 Å². The van der Waals surface area contributed by atoms with Crippen LogP contribution in [-0.2, 0) is 4.79 Å². The number of methoxy groups -OCH3 is 1. The average molecular weight is 238 g/mol. The standard InChI is InChI=1S/C12H14O5/c1-17-11-7-8(2-3-10(11)14)6-9(4-5-13)12(15)16/h2-3,6-7,13-14H,4-5H2,1H3,(H,15,16). The smallest absolute Gasteiger partial charge is 0.331 e. The van der Waals surface area contributed by atoms with Gasteiger partial charge in [-0.25, -0.2) is 4.79 Å². The predicted molar refractivity (Wildman–Crippen MR) is 62.0 cm³/mol. The fourth-order valence-electron chi connectivity index (χ4n) is 1.35. The van der Waals surface area contributed by atoms with Crippen LogP contribution in [0.15, 0.2) is 23.8 Å². The highest BCUT2D eigenvalue weighted by Crippen LogP contribution is 2.27. The van der Waals surface area contributed by atoms with Gasteiger partial charge in [-0.3, -0.25) is 0 Å². The second-order valence-corrected chi connectivity index (χ2v) is 3.38. The molecule has 0 radical (unpaired) electrons. The van der Waals surface area contributed by atoms with E-state index in [0.29, 0.717) is 5.56 Å². The van der Waals surface area contributed by atoms with Crippen LogP contribution < -0.4 is 4.74 Å². The summed E-state index contributed by atoms with van der Waals surface area (Å²) in [6.07, 6.45) is 1.50. The Labute approximate surface area is 98.6 Å². The average Bonchev–Trinajstić information content (AvgIpc) is 2.30. The van der Waals surface area contributed by atoms with Gasteiger partial charge < -0.3 is 20.1 Å². The van der Waals surface area contributed by atoms with Gasteiger partial charge in [0.25, 0.3) is 0 Å². The fraction of sp³-hybridized carbons (Fsp3) is 0.250. The predicted octanol–water partition coefficient (Wildman–Crippen LogP) is 1.25. The SMILES string of the molecule is COc1cc(C=C(CCO)C(=O)O)ccc1O. The Morgan fingerprint density at radius 3 is 2.71 bits per heavy atom. The summed E-state index contributed by atoms with van der Waals surface area (Å²) in [5, 5.41) is 27.0. The van der Waals surface area contributed by atoms with Crippen molar-refractivity contribution >= 4 is 12.0 Å². The molecule has 0 aliphatic heterocycles. The number of aliphatic hydroxyl groups excluding tert-OH is 1. The summed E-state index contributed by atoms with van der Waals surface area (Å²) in [5.74, 6) is -0.817. The van der Waals surface area contributed by atoms with E-state index in [1.165, 1.54) is 25.3 Å². The van der Waals surface area contributed by atoms with Gasteiger partial charge in [0.1, 0.15) is 0 Å². The molecule has 0 spiro atoms. The fourth-order valence-corrected chi connectivity index (χ4v) is 1.35. The molecule has 0 aliphatic carbocycles. The number of phenolic OH excluding ortho intramolecular Hbond substituents is 1. The summed E-state index contributed by atoms with van der Waals surface area (Å²) in [6, 6.07) is 4.51. The molecule has 5 nitrogen and oxygen atoms in total. The lowest BCUT2D eigenvalue weighted by Gasteiger charge is -2.05. The molecule has 0 fully saturated rings. The number of aliphatic hydroxyl groups is 1. The Balaban J connectivity index is 3.06. The molecule has 0 bridgehead atoms. The molecule has 0 saturated heterocycles. The number of benzene rings is 1. The molecule has 1 aromatic rings. The lowest BCUT2D eigenvalue weighted by atomic mass is 10.1. The van der Waals surface area contributed by atoms with E-state index < -0.39 is 5.97 Å². The lowest BCUT2D eigenvalue weighted by Crippen LogP contribution is -2.02. The lowest BCUT2D eigenvalue weighted by molar-refractivity contribution is -0.132. The van der Waals surface area contributed by atoms with E-state index in [-0.39, 0.29) is 30.1 Å². The zero-order chi connectivity index (χ0) is 12.8. The van der Waals surface area contributed by atoms with Crippen molar-refractivity contribution < 1.29 is 24.9 Å². The van der Waals surface area contributed by atoms with Crippen LogP contribution in [0.2, 0.25) is 0 Å². The highest BCUT2D eigenvalue weighted by Gasteiger charge is 2.08. The first-order valence-electron chi connectivity index (χ1n) is 5.00. The maximum atomic E-state index is 10.9. The van der Waals surface area contributed by atoms with Gasteiger partial charge in [0, 0.05) is 18.6 Å². The highest BCUT2D eigenvalue weighted by atomic mass is 16.5. The van der Waals surface area contributed by atoms with Crippen LogP contribution in [0.25, 0.3) is 6.08 Å². The van der Waals surface area contributed by atoms with Crippen molar-refractivity contribution in [3.8, 4) is 11.5 Å². The molecule has 0 unspecified atom stereocenters. The molecule has 17 heavy (non-hydrogen) atoms. The van der Waals surface area contributed by atoms with Crippen LogP contribution in [0.1, 0.15) is 12.0 Å². The largest absolute Gasteiger partial charge is 0.504 e. The molecule has 92 valence electrons. The number of carbonyl (C=O) groups is 1. The van der Waals surface area contributed by atoms with Crippen molar-refractivity contribution in [3.05, 3.63) is 29.3 Å². The van der Waals surface area contributed by atoms with Crippen molar-refractivity contribution in [1.82, 2.24) is 0 Å². The van der Waals surface area contributed by atoms with Crippen molar-refractivity contribution in [1.29, 1.82) is 0 Å². The first-order chi connectivity index (χ1) is 8.08. The Hall–Kier alpha value is -2.01. The maximum absolute atomic E-state index is 10.9. The summed E-state index contributed by atoms with van der Waals surface area (Å²) in [7, 11) is 1.41. The molecule has 0 aromatic heterocycles. The van der Waals surface area contributed by atoms with Gasteiger partial charge in [0.2, 0.25) is 0 Å². The molecule has 0 atom stereocenters. The quantitative estimate of drug-likeness (QED) is 0.672. The molecule has 0 saturated carbocycles. The monoisotopic (exact) mass is 238 g/mol. The third-order valence-electron chi connectivity index (χ3n) is 2.20. The van der Waals surface area contributed by atoms with Gasteiger partial charge in [0.15, 0.2) is 11.5 Å². The second-order valence-electron chi connectivity index (χ2n) is 3.38.